The second kappa shape index (κ2) is 10.2. The van der Waals surface area contributed by atoms with Gasteiger partial charge in [-0.25, -0.2) is 4.99 Å². The molecular formula is C19H27F3N4O2. The van der Waals surface area contributed by atoms with Crippen molar-refractivity contribution < 1.29 is 22.7 Å². The highest BCUT2D eigenvalue weighted by Crippen LogP contribution is 2.31. The number of benzene rings is 1. The highest BCUT2D eigenvalue weighted by atomic mass is 19.4. The van der Waals surface area contributed by atoms with Crippen molar-refractivity contribution in [1.82, 2.24) is 16.0 Å². The number of aliphatic imine (C=N–C) groups is 1. The standard InChI is InChI=1S/C19H27F3N4O2/c1-3-15(28-16-7-5-6-13(10-16)19(20,21)22)11-24-18(23-4-2)25-12-17(27)26-14-8-9-14/h5-7,10,14-15H,3-4,8-9,11-12H2,1-2H3,(H,26,27)(H2,23,24,25). The molecule has 1 amide bonds. The van der Waals surface area contributed by atoms with E-state index in [0.717, 1.165) is 25.0 Å². The van der Waals surface area contributed by atoms with Gasteiger partial charge >= 0.3 is 6.18 Å². The normalized spacial score (nSPS) is 15.7. The van der Waals surface area contributed by atoms with Gasteiger partial charge in [-0.15, -0.1) is 0 Å². The summed E-state index contributed by atoms with van der Waals surface area (Å²) in [5, 5.41) is 8.97. The Hall–Kier alpha value is -2.45. The number of guanidine groups is 1. The van der Waals surface area contributed by atoms with E-state index in [1.54, 1.807) is 0 Å². The molecule has 0 heterocycles. The Labute approximate surface area is 162 Å². The average molecular weight is 400 g/mol. The smallest absolute Gasteiger partial charge is 0.416 e. The van der Waals surface area contributed by atoms with Crippen molar-refractivity contribution >= 4 is 11.9 Å². The van der Waals surface area contributed by atoms with Crippen LogP contribution in [0.3, 0.4) is 0 Å². The van der Waals surface area contributed by atoms with Crippen molar-refractivity contribution in [1.29, 1.82) is 0 Å². The summed E-state index contributed by atoms with van der Waals surface area (Å²) in [6, 6.07) is 5.10. The van der Waals surface area contributed by atoms with Crippen LogP contribution in [0.2, 0.25) is 0 Å². The molecule has 0 aliphatic heterocycles. The van der Waals surface area contributed by atoms with E-state index in [0.29, 0.717) is 25.5 Å². The van der Waals surface area contributed by atoms with Gasteiger partial charge in [-0.3, -0.25) is 4.79 Å². The molecule has 6 nitrogen and oxygen atoms in total. The lowest BCUT2D eigenvalue weighted by molar-refractivity contribution is -0.137. The third-order valence-corrected chi connectivity index (χ3v) is 4.08. The molecule has 0 saturated heterocycles. The minimum absolute atomic E-state index is 0.0110. The predicted molar refractivity (Wildman–Crippen MR) is 101 cm³/mol. The van der Waals surface area contributed by atoms with Gasteiger partial charge in [-0.1, -0.05) is 13.0 Å². The average Bonchev–Trinajstić information content (AvgIpc) is 3.46. The van der Waals surface area contributed by atoms with Crippen molar-refractivity contribution in [2.75, 3.05) is 19.6 Å². The SMILES string of the molecule is CCNC(=NCC(=O)NC1CC1)NCC(CC)Oc1cccc(C(F)(F)F)c1. The van der Waals surface area contributed by atoms with Gasteiger partial charge in [-0.2, -0.15) is 13.2 Å². The molecule has 1 unspecified atom stereocenters. The third kappa shape index (κ3) is 7.66. The Kier molecular flexibility index (Phi) is 7.95. The summed E-state index contributed by atoms with van der Waals surface area (Å²) in [4.78, 5) is 16.0. The molecule has 9 heteroatoms. The second-order valence-corrected chi connectivity index (χ2v) is 6.59. The van der Waals surface area contributed by atoms with Crippen LogP contribution in [0, 0.1) is 0 Å². The van der Waals surface area contributed by atoms with E-state index >= 15 is 0 Å². The molecule has 28 heavy (non-hydrogen) atoms. The van der Waals surface area contributed by atoms with Crippen LogP contribution in [0.1, 0.15) is 38.7 Å². The number of ether oxygens (including phenoxy) is 1. The largest absolute Gasteiger partial charge is 0.489 e. The summed E-state index contributed by atoms with van der Waals surface area (Å²) >= 11 is 0. The number of carbonyl (C=O) groups excluding carboxylic acids is 1. The zero-order chi connectivity index (χ0) is 20.6. The van der Waals surface area contributed by atoms with Crippen LogP contribution in [-0.2, 0) is 11.0 Å². The first-order valence-corrected chi connectivity index (χ1v) is 9.47. The zero-order valence-electron chi connectivity index (χ0n) is 16.1. The molecule has 0 spiro atoms. The molecule has 1 aromatic carbocycles. The van der Waals surface area contributed by atoms with Crippen LogP contribution in [0.4, 0.5) is 13.2 Å². The Balaban J connectivity index is 1.89. The predicted octanol–water partition coefficient (Wildman–Crippen LogP) is 2.70. The Bertz CT molecular complexity index is 675. The van der Waals surface area contributed by atoms with Crippen LogP contribution in [0.5, 0.6) is 5.75 Å². The van der Waals surface area contributed by atoms with E-state index in [4.69, 9.17) is 4.74 Å². The van der Waals surface area contributed by atoms with Crippen LogP contribution < -0.4 is 20.7 Å². The van der Waals surface area contributed by atoms with E-state index in [9.17, 15) is 18.0 Å². The molecule has 0 bridgehead atoms. The fraction of sp³-hybridized carbons (Fsp3) is 0.579. The van der Waals surface area contributed by atoms with Gasteiger partial charge in [0.2, 0.25) is 5.91 Å². The van der Waals surface area contributed by atoms with Gasteiger partial charge < -0.3 is 20.7 Å². The molecular weight excluding hydrogens is 373 g/mol. The molecule has 1 saturated carbocycles. The molecule has 0 aromatic heterocycles. The number of hydrogen-bond donors (Lipinski definition) is 3. The highest BCUT2D eigenvalue weighted by molar-refractivity contribution is 5.85. The maximum Gasteiger partial charge on any atom is 0.416 e. The van der Waals surface area contributed by atoms with Gasteiger partial charge in [0.1, 0.15) is 18.4 Å². The fourth-order valence-corrected chi connectivity index (χ4v) is 2.41. The number of alkyl halides is 3. The van der Waals surface area contributed by atoms with Crippen LogP contribution in [-0.4, -0.2) is 43.6 Å². The fourth-order valence-electron chi connectivity index (χ4n) is 2.41. The molecule has 1 atom stereocenters. The number of amides is 1. The van der Waals surface area contributed by atoms with E-state index in [1.165, 1.54) is 12.1 Å². The molecule has 2 rings (SSSR count). The topological polar surface area (TPSA) is 74.8 Å². The monoisotopic (exact) mass is 400 g/mol. The maximum atomic E-state index is 12.8. The van der Waals surface area contributed by atoms with E-state index < -0.39 is 11.7 Å². The van der Waals surface area contributed by atoms with Gasteiger partial charge in [0, 0.05) is 12.6 Å². The maximum absolute atomic E-state index is 12.8. The van der Waals surface area contributed by atoms with Gasteiger partial charge in [-0.05, 0) is 44.4 Å². The quantitative estimate of drug-likeness (QED) is 0.440. The van der Waals surface area contributed by atoms with Crippen molar-refractivity contribution in [2.45, 2.75) is 51.4 Å². The summed E-state index contributed by atoms with van der Waals surface area (Å²) < 4.78 is 44.2. The van der Waals surface area contributed by atoms with E-state index in [1.807, 2.05) is 13.8 Å². The second-order valence-electron chi connectivity index (χ2n) is 6.59. The summed E-state index contributed by atoms with van der Waals surface area (Å²) in [7, 11) is 0. The number of halogens is 3. The first-order chi connectivity index (χ1) is 13.3. The van der Waals surface area contributed by atoms with Crippen molar-refractivity contribution in [2.24, 2.45) is 4.99 Å². The first kappa shape index (κ1) is 21.8. The summed E-state index contributed by atoms with van der Waals surface area (Å²) in [6.45, 7) is 4.74. The number of nitrogens with zero attached hydrogens (tertiary/aromatic N) is 1. The van der Waals surface area contributed by atoms with E-state index in [-0.39, 0.29) is 30.3 Å². The lowest BCUT2D eigenvalue weighted by atomic mass is 10.2. The highest BCUT2D eigenvalue weighted by Gasteiger charge is 2.30. The van der Waals surface area contributed by atoms with Gasteiger partial charge in [0.15, 0.2) is 5.96 Å². The minimum Gasteiger partial charge on any atom is -0.489 e. The molecule has 156 valence electrons. The summed E-state index contributed by atoms with van der Waals surface area (Å²) in [5.41, 5.74) is -0.746. The first-order valence-electron chi connectivity index (χ1n) is 9.47. The molecule has 0 radical (unpaired) electrons. The van der Waals surface area contributed by atoms with E-state index in [2.05, 4.69) is 20.9 Å². The lowest BCUT2D eigenvalue weighted by Gasteiger charge is -2.20. The Morgan fingerprint density at radius 2 is 2.04 bits per heavy atom. The zero-order valence-corrected chi connectivity index (χ0v) is 16.1. The Morgan fingerprint density at radius 1 is 1.29 bits per heavy atom. The number of carbonyl (C=O) groups is 1. The summed E-state index contributed by atoms with van der Waals surface area (Å²) in [6.07, 6.45) is -2.15. The number of hydrogen-bond acceptors (Lipinski definition) is 3. The van der Waals surface area contributed by atoms with Crippen molar-refractivity contribution in [3.05, 3.63) is 29.8 Å². The van der Waals surface area contributed by atoms with Crippen LogP contribution in [0.25, 0.3) is 0 Å². The van der Waals surface area contributed by atoms with Crippen molar-refractivity contribution in [3.8, 4) is 5.75 Å². The van der Waals surface area contributed by atoms with Crippen molar-refractivity contribution in [3.63, 3.8) is 0 Å². The van der Waals surface area contributed by atoms with Crippen LogP contribution >= 0.6 is 0 Å². The minimum atomic E-state index is -4.41. The van der Waals surface area contributed by atoms with Gasteiger partial charge in [0.25, 0.3) is 0 Å². The molecule has 1 aromatic rings. The molecule has 1 aliphatic rings. The third-order valence-electron chi connectivity index (χ3n) is 4.08. The molecule has 1 aliphatic carbocycles. The molecule has 1 fully saturated rings. The Morgan fingerprint density at radius 3 is 2.64 bits per heavy atom. The number of nitrogens with one attached hydrogen (secondary N) is 3. The number of rotatable bonds is 9. The lowest BCUT2D eigenvalue weighted by Crippen LogP contribution is -2.43. The summed E-state index contributed by atoms with van der Waals surface area (Å²) in [5.74, 6) is 0.487. The van der Waals surface area contributed by atoms with Crippen LogP contribution in [0.15, 0.2) is 29.3 Å². The van der Waals surface area contributed by atoms with Gasteiger partial charge in [0.05, 0.1) is 12.1 Å². The molecule has 3 N–H and O–H groups in total.